The second-order valence-electron chi connectivity index (χ2n) is 6.18. The molecule has 0 unspecified atom stereocenters. The van der Waals surface area contributed by atoms with E-state index in [2.05, 4.69) is 36.1 Å². The third-order valence-corrected chi connectivity index (χ3v) is 3.97. The molecule has 148 valence electrons. The molecular weight excluding hydrogens is 381 g/mol. The molecular formula is C22H18FN7. The van der Waals surface area contributed by atoms with Gasteiger partial charge in [0.15, 0.2) is 0 Å². The zero-order valence-corrected chi connectivity index (χ0v) is 15.8. The maximum Gasteiger partial charge on any atom is 0.250 e. The Morgan fingerprint density at radius 2 is 1.13 bits per heavy atom. The average Bonchev–Trinajstić information content (AvgIpc) is 2.76. The van der Waals surface area contributed by atoms with Crippen molar-refractivity contribution >= 4 is 35.4 Å². The fourth-order valence-electron chi connectivity index (χ4n) is 2.58. The minimum absolute atomic E-state index is 0.203. The molecule has 30 heavy (non-hydrogen) atoms. The first kappa shape index (κ1) is 19.0. The van der Waals surface area contributed by atoms with Gasteiger partial charge in [0.25, 0.3) is 0 Å². The van der Waals surface area contributed by atoms with Gasteiger partial charge in [0.05, 0.1) is 6.21 Å². The summed E-state index contributed by atoms with van der Waals surface area (Å²) in [6.45, 7) is 0. The summed E-state index contributed by atoms with van der Waals surface area (Å²) in [5.74, 6) is 0.502. The van der Waals surface area contributed by atoms with E-state index in [4.69, 9.17) is 0 Å². The van der Waals surface area contributed by atoms with Crippen LogP contribution < -0.4 is 16.1 Å². The lowest BCUT2D eigenvalue weighted by molar-refractivity contribution is 0.626. The van der Waals surface area contributed by atoms with Crippen molar-refractivity contribution in [2.45, 2.75) is 0 Å². The van der Waals surface area contributed by atoms with E-state index in [0.29, 0.717) is 17.5 Å². The summed E-state index contributed by atoms with van der Waals surface area (Å²) < 4.78 is 13.7. The number of hydrogen-bond acceptors (Lipinski definition) is 7. The van der Waals surface area contributed by atoms with Gasteiger partial charge in [-0.2, -0.15) is 20.1 Å². The normalized spacial score (nSPS) is 10.7. The molecule has 4 rings (SSSR count). The van der Waals surface area contributed by atoms with Crippen molar-refractivity contribution in [2.24, 2.45) is 5.10 Å². The van der Waals surface area contributed by atoms with Gasteiger partial charge < -0.3 is 10.6 Å². The van der Waals surface area contributed by atoms with Crippen LogP contribution in [-0.2, 0) is 0 Å². The van der Waals surface area contributed by atoms with E-state index < -0.39 is 0 Å². The summed E-state index contributed by atoms with van der Waals surface area (Å²) in [5, 5.41) is 10.3. The van der Waals surface area contributed by atoms with E-state index in [1.807, 2.05) is 60.7 Å². The van der Waals surface area contributed by atoms with E-state index in [1.54, 1.807) is 18.2 Å². The van der Waals surface area contributed by atoms with Crippen molar-refractivity contribution in [3.63, 3.8) is 0 Å². The van der Waals surface area contributed by atoms with Gasteiger partial charge in [-0.3, -0.25) is 0 Å². The number of para-hydroxylation sites is 2. The van der Waals surface area contributed by atoms with Crippen molar-refractivity contribution in [3.8, 4) is 0 Å². The average molecular weight is 399 g/mol. The van der Waals surface area contributed by atoms with Crippen LogP contribution in [-0.4, -0.2) is 21.2 Å². The third kappa shape index (κ3) is 5.14. The minimum atomic E-state index is -0.364. The first-order valence-electron chi connectivity index (χ1n) is 9.20. The highest BCUT2D eigenvalue weighted by Gasteiger charge is 2.07. The fourth-order valence-corrected chi connectivity index (χ4v) is 2.58. The number of anilines is 5. The fraction of sp³-hybridized carbons (Fsp3) is 0. The van der Waals surface area contributed by atoms with Crippen LogP contribution in [0.3, 0.4) is 0 Å². The van der Waals surface area contributed by atoms with Crippen LogP contribution in [0.15, 0.2) is 90.0 Å². The SMILES string of the molecule is Fc1ccccc1/C=N/Nc1nc(Nc2ccccc2)nc(Nc2ccccc2)n1. The molecule has 8 heteroatoms. The molecule has 0 spiro atoms. The van der Waals surface area contributed by atoms with Crippen molar-refractivity contribution in [1.82, 2.24) is 15.0 Å². The van der Waals surface area contributed by atoms with Gasteiger partial charge >= 0.3 is 0 Å². The molecule has 0 amide bonds. The Labute approximate surface area is 172 Å². The van der Waals surface area contributed by atoms with Crippen LogP contribution >= 0.6 is 0 Å². The molecule has 0 atom stereocenters. The molecule has 0 aliphatic rings. The highest BCUT2D eigenvalue weighted by Crippen LogP contribution is 2.18. The van der Waals surface area contributed by atoms with Crippen LogP contribution in [0.4, 0.5) is 33.6 Å². The number of rotatable bonds is 7. The molecule has 0 radical (unpaired) electrons. The van der Waals surface area contributed by atoms with E-state index in [0.717, 1.165) is 11.4 Å². The monoisotopic (exact) mass is 399 g/mol. The van der Waals surface area contributed by atoms with Crippen LogP contribution in [0.25, 0.3) is 0 Å². The molecule has 3 aromatic carbocycles. The van der Waals surface area contributed by atoms with Crippen molar-refractivity contribution in [3.05, 3.63) is 96.3 Å². The number of aromatic nitrogens is 3. The molecule has 3 N–H and O–H groups in total. The van der Waals surface area contributed by atoms with E-state index in [1.165, 1.54) is 12.3 Å². The maximum atomic E-state index is 13.7. The molecule has 4 aromatic rings. The standard InChI is InChI=1S/C22H18FN7/c23-19-14-8-7-9-16(19)15-24-30-22-28-20(25-17-10-3-1-4-11-17)27-21(29-22)26-18-12-5-2-6-13-18/h1-15H,(H3,25,26,27,28,29,30)/b24-15+. The van der Waals surface area contributed by atoms with E-state index >= 15 is 0 Å². The smallest absolute Gasteiger partial charge is 0.250 e. The lowest BCUT2D eigenvalue weighted by atomic mass is 10.2. The number of benzene rings is 3. The van der Waals surface area contributed by atoms with Crippen molar-refractivity contribution < 1.29 is 4.39 Å². The molecule has 0 bridgehead atoms. The zero-order chi connectivity index (χ0) is 20.6. The molecule has 7 nitrogen and oxygen atoms in total. The Morgan fingerprint density at radius 1 is 0.633 bits per heavy atom. The second-order valence-corrected chi connectivity index (χ2v) is 6.18. The Kier molecular flexibility index (Phi) is 5.86. The lowest BCUT2D eigenvalue weighted by Gasteiger charge is -2.10. The highest BCUT2D eigenvalue weighted by molar-refractivity contribution is 5.80. The number of nitrogens with one attached hydrogen (secondary N) is 3. The largest absolute Gasteiger partial charge is 0.324 e. The van der Waals surface area contributed by atoms with Crippen LogP contribution in [0, 0.1) is 5.82 Å². The second kappa shape index (κ2) is 9.24. The quantitative estimate of drug-likeness (QED) is 0.301. The van der Waals surface area contributed by atoms with Gasteiger partial charge in [-0.15, -0.1) is 0 Å². The topological polar surface area (TPSA) is 87.1 Å². The minimum Gasteiger partial charge on any atom is -0.324 e. The Hall–Kier alpha value is -4.33. The van der Waals surface area contributed by atoms with E-state index in [9.17, 15) is 4.39 Å². The maximum absolute atomic E-state index is 13.7. The number of nitrogens with zero attached hydrogens (tertiary/aromatic N) is 4. The first-order valence-corrected chi connectivity index (χ1v) is 9.20. The third-order valence-electron chi connectivity index (χ3n) is 3.97. The van der Waals surface area contributed by atoms with Gasteiger partial charge in [-0.05, 0) is 30.3 Å². The number of halogens is 1. The molecule has 0 aliphatic carbocycles. The predicted octanol–water partition coefficient (Wildman–Crippen LogP) is 4.94. The predicted molar refractivity (Wildman–Crippen MR) is 117 cm³/mol. The Balaban J connectivity index is 1.58. The Bertz CT molecular complexity index is 1070. The molecule has 0 saturated carbocycles. The van der Waals surface area contributed by atoms with Gasteiger partial charge in [0, 0.05) is 16.9 Å². The molecule has 1 heterocycles. The van der Waals surface area contributed by atoms with Gasteiger partial charge in [-0.1, -0.05) is 54.6 Å². The van der Waals surface area contributed by atoms with Crippen LogP contribution in [0.1, 0.15) is 5.56 Å². The molecule has 0 fully saturated rings. The zero-order valence-electron chi connectivity index (χ0n) is 15.8. The first-order chi connectivity index (χ1) is 14.8. The van der Waals surface area contributed by atoms with Gasteiger partial charge in [-0.25, -0.2) is 9.82 Å². The lowest BCUT2D eigenvalue weighted by Crippen LogP contribution is -2.07. The van der Waals surface area contributed by atoms with Crippen molar-refractivity contribution in [2.75, 3.05) is 16.1 Å². The van der Waals surface area contributed by atoms with Crippen LogP contribution in [0.5, 0.6) is 0 Å². The van der Waals surface area contributed by atoms with E-state index in [-0.39, 0.29) is 11.8 Å². The molecule has 0 saturated heterocycles. The highest BCUT2D eigenvalue weighted by atomic mass is 19.1. The van der Waals surface area contributed by atoms with Gasteiger partial charge in [0.1, 0.15) is 5.82 Å². The number of hydrogen-bond donors (Lipinski definition) is 3. The summed E-state index contributed by atoms with van der Waals surface area (Å²) >= 11 is 0. The summed E-state index contributed by atoms with van der Waals surface area (Å²) in [5.41, 5.74) is 4.74. The van der Waals surface area contributed by atoms with Crippen molar-refractivity contribution in [1.29, 1.82) is 0 Å². The van der Waals surface area contributed by atoms with Crippen LogP contribution in [0.2, 0.25) is 0 Å². The summed E-state index contributed by atoms with van der Waals surface area (Å²) in [6, 6.07) is 25.4. The van der Waals surface area contributed by atoms with Gasteiger partial charge in [0.2, 0.25) is 17.8 Å². The molecule has 1 aromatic heterocycles. The molecule has 0 aliphatic heterocycles. The number of hydrazone groups is 1. The summed E-state index contributed by atoms with van der Waals surface area (Å²) in [4.78, 5) is 13.1. The summed E-state index contributed by atoms with van der Waals surface area (Å²) in [7, 11) is 0. The summed E-state index contributed by atoms with van der Waals surface area (Å²) in [6.07, 6.45) is 1.37. The Morgan fingerprint density at radius 3 is 1.70 bits per heavy atom.